The van der Waals surface area contributed by atoms with Crippen molar-refractivity contribution in [1.29, 1.82) is 0 Å². The second-order valence-corrected chi connectivity index (χ2v) is 3.44. The average Bonchev–Trinajstić information content (AvgIpc) is 2.30. The van der Waals surface area contributed by atoms with Crippen LogP contribution < -0.4 is 0 Å². The van der Waals surface area contributed by atoms with Crippen LogP contribution in [-0.2, 0) is 0 Å². The molecule has 0 aliphatic carbocycles. The normalized spacial score (nSPS) is 10.2. The number of hydrogen-bond donors (Lipinski definition) is 0. The Morgan fingerprint density at radius 3 is 2.94 bits per heavy atom. The topological polar surface area (TPSA) is 91.9 Å². The van der Waals surface area contributed by atoms with Gasteiger partial charge in [0, 0.05) is 23.6 Å². The molecule has 0 spiro atoms. The molecule has 0 N–H and O–H groups in total. The summed E-state index contributed by atoms with van der Waals surface area (Å²) in [5.74, 6) is 0. The predicted molar refractivity (Wildman–Crippen MR) is 65.5 cm³/mol. The van der Waals surface area contributed by atoms with Crippen LogP contribution >= 0.6 is 0 Å². The van der Waals surface area contributed by atoms with Gasteiger partial charge >= 0.3 is 0 Å². The lowest BCUT2D eigenvalue weighted by molar-refractivity contribution is -0.384. The molecule has 0 aliphatic heterocycles. The monoisotopic (exact) mass is 232 g/mol. The van der Waals surface area contributed by atoms with E-state index in [0.29, 0.717) is 13.0 Å². The highest BCUT2D eigenvalue weighted by Gasteiger charge is 2.05. The molecular formula is C11H12N4O2. The Hall–Kier alpha value is -2.33. The van der Waals surface area contributed by atoms with Gasteiger partial charge in [0.25, 0.3) is 5.69 Å². The van der Waals surface area contributed by atoms with Crippen molar-refractivity contribution < 1.29 is 4.92 Å². The molecule has 6 heteroatoms. The van der Waals surface area contributed by atoms with E-state index in [9.17, 15) is 10.1 Å². The minimum absolute atomic E-state index is 0.0914. The summed E-state index contributed by atoms with van der Waals surface area (Å²) in [5, 5.41) is 13.9. The predicted octanol–water partition coefficient (Wildman–Crippen LogP) is 3.62. The van der Waals surface area contributed by atoms with E-state index >= 15 is 0 Å². The first-order valence-corrected chi connectivity index (χ1v) is 5.07. The third kappa shape index (κ3) is 3.96. The van der Waals surface area contributed by atoms with E-state index in [1.165, 1.54) is 12.1 Å². The van der Waals surface area contributed by atoms with E-state index < -0.39 is 4.92 Å². The van der Waals surface area contributed by atoms with Gasteiger partial charge in [0.05, 0.1) is 4.92 Å². The number of azide groups is 1. The lowest BCUT2D eigenvalue weighted by Crippen LogP contribution is -1.89. The highest BCUT2D eigenvalue weighted by atomic mass is 16.6. The molecule has 0 atom stereocenters. The summed E-state index contributed by atoms with van der Waals surface area (Å²) in [6.45, 7) is 2.24. The second-order valence-electron chi connectivity index (χ2n) is 3.44. The van der Waals surface area contributed by atoms with Crippen molar-refractivity contribution in [3.8, 4) is 0 Å². The van der Waals surface area contributed by atoms with Crippen molar-refractivity contribution >= 4 is 11.8 Å². The molecule has 0 heterocycles. The van der Waals surface area contributed by atoms with Crippen LogP contribution in [0.1, 0.15) is 17.5 Å². The van der Waals surface area contributed by atoms with Gasteiger partial charge in [0.15, 0.2) is 0 Å². The maximum atomic E-state index is 10.5. The third-order valence-electron chi connectivity index (χ3n) is 2.22. The Morgan fingerprint density at radius 2 is 2.35 bits per heavy atom. The highest BCUT2D eigenvalue weighted by Crippen LogP contribution is 2.18. The Bertz CT molecular complexity index is 490. The number of nitrogens with zero attached hydrogens (tertiary/aromatic N) is 4. The van der Waals surface area contributed by atoms with E-state index in [4.69, 9.17) is 5.53 Å². The number of nitro groups is 1. The van der Waals surface area contributed by atoms with Crippen LogP contribution in [0.15, 0.2) is 29.4 Å². The summed E-state index contributed by atoms with van der Waals surface area (Å²) < 4.78 is 0. The number of nitro benzene ring substituents is 1. The van der Waals surface area contributed by atoms with E-state index in [-0.39, 0.29) is 5.69 Å². The molecule has 0 radical (unpaired) electrons. The fourth-order valence-corrected chi connectivity index (χ4v) is 1.35. The van der Waals surface area contributed by atoms with E-state index in [1.54, 1.807) is 6.07 Å². The van der Waals surface area contributed by atoms with Crippen molar-refractivity contribution in [2.75, 3.05) is 6.54 Å². The highest BCUT2D eigenvalue weighted by molar-refractivity contribution is 5.56. The van der Waals surface area contributed by atoms with Crippen molar-refractivity contribution in [2.24, 2.45) is 5.11 Å². The minimum Gasteiger partial charge on any atom is -0.258 e. The lowest BCUT2D eigenvalue weighted by Gasteiger charge is -1.99. The van der Waals surface area contributed by atoms with Gasteiger partial charge in [-0.25, -0.2) is 0 Å². The largest absolute Gasteiger partial charge is 0.269 e. The second kappa shape index (κ2) is 6.30. The van der Waals surface area contributed by atoms with Crippen LogP contribution in [0.25, 0.3) is 16.5 Å². The quantitative estimate of drug-likeness (QED) is 0.194. The fourth-order valence-electron chi connectivity index (χ4n) is 1.35. The first kappa shape index (κ1) is 12.7. The van der Waals surface area contributed by atoms with Crippen LogP contribution in [0.4, 0.5) is 5.69 Å². The van der Waals surface area contributed by atoms with Crippen LogP contribution in [-0.4, -0.2) is 11.5 Å². The molecule has 1 rings (SSSR count). The van der Waals surface area contributed by atoms with Crippen molar-refractivity contribution in [1.82, 2.24) is 0 Å². The zero-order chi connectivity index (χ0) is 12.7. The van der Waals surface area contributed by atoms with Gasteiger partial charge in [0.1, 0.15) is 0 Å². The molecule has 88 valence electrons. The van der Waals surface area contributed by atoms with E-state index in [1.807, 2.05) is 19.1 Å². The van der Waals surface area contributed by atoms with Crippen molar-refractivity contribution in [2.45, 2.75) is 13.3 Å². The SMILES string of the molecule is Cc1cc([N+](=O)[O-])ccc1C=CCCN=[N+]=[N-]. The van der Waals surface area contributed by atoms with Gasteiger partial charge in [-0.3, -0.25) is 10.1 Å². The molecule has 1 aromatic carbocycles. The van der Waals surface area contributed by atoms with Crippen molar-refractivity contribution in [3.05, 3.63) is 56.0 Å². The lowest BCUT2D eigenvalue weighted by atomic mass is 10.1. The molecule has 17 heavy (non-hydrogen) atoms. The number of benzene rings is 1. The summed E-state index contributed by atoms with van der Waals surface area (Å²) in [6, 6.07) is 4.71. The molecule has 1 aromatic rings. The molecule has 0 aliphatic rings. The molecule has 0 bridgehead atoms. The van der Waals surface area contributed by atoms with Crippen LogP contribution in [0.5, 0.6) is 0 Å². The summed E-state index contributed by atoms with van der Waals surface area (Å²) in [4.78, 5) is 12.8. The Kier molecular flexibility index (Phi) is 4.72. The first-order chi connectivity index (χ1) is 8.15. The number of aryl methyl sites for hydroxylation is 1. The maximum absolute atomic E-state index is 10.5. The molecular weight excluding hydrogens is 220 g/mol. The fraction of sp³-hybridized carbons (Fsp3) is 0.273. The molecule has 0 unspecified atom stereocenters. The van der Waals surface area contributed by atoms with E-state index in [2.05, 4.69) is 10.0 Å². The Morgan fingerprint density at radius 1 is 1.59 bits per heavy atom. The average molecular weight is 232 g/mol. The Balaban J connectivity index is 2.72. The van der Waals surface area contributed by atoms with Gasteiger partial charge in [-0.1, -0.05) is 17.3 Å². The number of non-ortho nitro benzene ring substituents is 1. The number of hydrogen-bond acceptors (Lipinski definition) is 3. The minimum atomic E-state index is -0.415. The standard InChI is InChI=1S/C11H12N4O2/c1-9-8-11(15(16)17)6-5-10(9)4-2-3-7-13-14-12/h2,4-6,8H,3,7H2,1H3. The third-order valence-corrected chi connectivity index (χ3v) is 2.22. The van der Waals surface area contributed by atoms with Crippen LogP contribution in [0.3, 0.4) is 0 Å². The van der Waals surface area contributed by atoms with Crippen LogP contribution in [0, 0.1) is 17.0 Å². The molecule has 0 saturated heterocycles. The Labute approximate surface area is 98.4 Å². The smallest absolute Gasteiger partial charge is 0.258 e. The van der Waals surface area contributed by atoms with Crippen LogP contribution in [0.2, 0.25) is 0 Å². The molecule has 0 fully saturated rings. The summed E-state index contributed by atoms with van der Waals surface area (Å²) in [5.41, 5.74) is 9.94. The van der Waals surface area contributed by atoms with Gasteiger partial charge in [-0.15, -0.1) is 0 Å². The molecule has 0 saturated carbocycles. The number of rotatable bonds is 5. The van der Waals surface area contributed by atoms with Crippen molar-refractivity contribution in [3.63, 3.8) is 0 Å². The van der Waals surface area contributed by atoms with Gasteiger partial charge < -0.3 is 0 Å². The molecule has 0 aromatic heterocycles. The maximum Gasteiger partial charge on any atom is 0.269 e. The van der Waals surface area contributed by atoms with E-state index in [0.717, 1.165) is 11.1 Å². The van der Waals surface area contributed by atoms with Gasteiger partial charge in [-0.05, 0) is 36.1 Å². The van der Waals surface area contributed by atoms with Gasteiger partial charge in [-0.2, -0.15) is 0 Å². The van der Waals surface area contributed by atoms with Gasteiger partial charge in [0.2, 0.25) is 0 Å². The molecule has 6 nitrogen and oxygen atoms in total. The first-order valence-electron chi connectivity index (χ1n) is 5.07. The summed E-state index contributed by atoms with van der Waals surface area (Å²) >= 11 is 0. The molecule has 0 amide bonds. The summed E-state index contributed by atoms with van der Waals surface area (Å²) in [6.07, 6.45) is 4.40. The zero-order valence-electron chi connectivity index (χ0n) is 9.41. The zero-order valence-corrected chi connectivity index (χ0v) is 9.41. The summed E-state index contributed by atoms with van der Waals surface area (Å²) in [7, 11) is 0.